The molecule has 0 saturated heterocycles. The number of alkyl halides is 4. The van der Waals surface area contributed by atoms with Crippen molar-refractivity contribution in [2.45, 2.75) is 19.8 Å². The third kappa shape index (κ3) is 5.65. The number of aromatic carboxylic acids is 1. The van der Waals surface area contributed by atoms with Crippen LogP contribution in [-0.2, 0) is 6.54 Å². The lowest BCUT2D eigenvalue weighted by Gasteiger charge is -2.26. The number of halogens is 5. The van der Waals surface area contributed by atoms with E-state index in [0.717, 1.165) is 12.1 Å². The first-order valence-electron chi connectivity index (χ1n) is 9.12. The van der Waals surface area contributed by atoms with Gasteiger partial charge in [0.15, 0.2) is 11.5 Å². The van der Waals surface area contributed by atoms with Gasteiger partial charge in [0.05, 0.1) is 12.1 Å². The zero-order valence-corrected chi connectivity index (χ0v) is 16.2. The maximum absolute atomic E-state index is 14.3. The molecule has 5 nitrogen and oxygen atoms in total. The van der Waals surface area contributed by atoms with E-state index >= 15 is 0 Å². The first-order chi connectivity index (χ1) is 15.2. The molecule has 0 radical (unpaired) electrons. The average molecular weight is 453 g/mol. The van der Waals surface area contributed by atoms with Gasteiger partial charge in [-0.3, -0.25) is 0 Å². The molecule has 0 saturated carbocycles. The van der Waals surface area contributed by atoms with Crippen LogP contribution in [0.2, 0.25) is 0 Å². The first kappa shape index (κ1) is 22.9. The van der Waals surface area contributed by atoms with Gasteiger partial charge in [0.25, 0.3) is 0 Å². The van der Waals surface area contributed by atoms with Gasteiger partial charge in [0, 0.05) is 23.0 Å². The van der Waals surface area contributed by atoms with Crippen LogP contribution in [0.15, 0.2) is 66.7 Å². The summed E-state index contributed by atoms with van der Waals surface area (Å²) in [6.45, 7) is -6.72. The van der Waals surface area contributed by atoms with Gasteiger partial charge in [-0.2, -0.15) is 17.6 Å². The maximum atomic E-state index is 14.3. The molecular weight excluding hydrogens is 437 g/mol. The van der Waals surface area contributed by atoms with Crippen LogP contribution in [0.4, 0.5) is 33.3 Å². The summed E-state index contributed by atoms with van der Waals surface area (Å²) in [5, 5.41) is 9.29. The Morgan fingerprint density at radius 2 is 1.50 bits per heavy atom. The molecular formula is C22H16F5NO4. The Morgan fingerprint density at radius 1 is 0.844 bits per heavy atom. The molecule has 0 unspecified atom stereocenters. The Morgan fingerprint density at radius 3 is 2.16 bits per heavy atom. The molecule has 0 fully saturated rings. The predicted octanol–water partition coefficient (Wildman–Crippen LogP) is 6.07. The summed E-state index contributed by atoms with van der Waals surface area (Å²) < 4.78 is 73.8. The summed E-state index contributed by atoms with van der Waals surface area (Å²) in [7, 11) is 0. The van der Waals surface area contributed by atoms with Gasteiger partial charge < -0.3 is 19.5 Å². The number of benzene rings is 3. The average Bonchev–Trinajstić information content (AvgIpc) is 2.74. The van der Waals surface area contributed by atoms with E-state index in [1.165, 1.54) is 53.4 Å². The summed E-state index contributed by atoms with van der Waals surface area (Å²) in [5.74, 6) is -3.03. The van der Waals surface area contributed by atoms with E-state index in [2.05, 4.69) is 9.47 Å². The quantitative estimate of drug-likeness (QED) is 0.399. The van der Waals surface area contributed by atoms with Crippen LogP contribution >= 0.6 is 0 Å². The minimum absolute atomic E-state index is 0.0669. The van der Waals surface area contributed by atoms with Crippen LogP contribution < -0.4 is 14.4 Å². The molecule has 10 heteroatoms. The number of carboxylic acid groups (broad SMARTS) is 1. The lowest BCUT2D eigenvalue weighted by Crippen LogP contribution is -2.18. The van der Waals surface area contributed by atoms with Crippen LogP contribution in [0, 0.1) is 5.82 Å². The molecule has 0 amide bonds. The Kier molecular flexibility index (Phi) is 7.14. The van der Waals surface area contributed by atoms with E-state index in [9.17, 15) is 31.9 Å². The predicted molar refractivity (Wildman–Crippen MR) is 105 cm³/mol. The molecule has 0 spiro atoms. The van der Waals surface area contributed by atoms with Crippen molar-refractivity contribution >= 4 is 17.3 Å². The number of hydrogen-bond donors (Lipinski definition) is 1. The number of hydrogen-bond acceptors (Lipinski definition) is 4. The molecule has 0 atom stereocenters. The Labute approximate surface area is 179 Å². The number of ether oxygens (including phenoxy) is 2. The van der Waals surface area contributed by atoms with Gasteiger partial charge in [0.2, 0.25) is 0 Å². The fourth-order valence-corrected chi connectivity index (χ4v) is 2.98. The Bertz CT molecular complexity index is 1090. The monoisotopic (exact) mass is 453 g/mol. The second-order valence-corrected chi connectivity index (χ2v) is 6.42. The van der Waals surface area contributed by atoms with Crippen LogP contribution in [0.5, 0.6) is 11.5 Å². The van der Waals surface area contributed by atoms with Crippen molar-refractivity contribution in [2.75, 3.05) is 4.90 Å². The third-order valence-electron chi connectivity index (χ3n) is 4.36. The first-order valence-corrected chi connectivity index (χ1v) is 9.12. The molecule has 0 aliphatic carbocycles. The summed E-state index contributed by atoms with van der Waals surface area (Å²) in [6, 6.07) is 14.8. The minimum Gasteiger partial charge on any atom is -0.478 e. The van der Waals surface area contributed by atoms with Crippen molar-refractivity contribution in [3.63, 3.8) is 0 Å². The van der Waals surface area contributed by atoms with Gasteiger partial charge in [-0.15, -0.1) is 0 Å². The molecule has 3 aromatic carbocycles. The molecule has 3 aromatic rings. The highest BCUT2D eigenvalue weighted by molar-refractivity contribution is 5.89. The van der Waals surface area contributed by atoms with Crippen molar-refractivity contribution in [1.29, 1.82) is 0 Å². The molecule has 0 aliphatic rings. The molecule has 0 aromatic heterocycles. The van der Waals surface area contributed by atoms with E-state index in [0.29, 0.717) is 5.69 Å². The van der Waals surface area contributed by atoms with Crippen molar-refractivity contribution in [1.82, 2.24) is 0 Å². The van der Waals surface area contributed by atoms with Crippen LogP contribution in [0.1, 0.15) is 15.9 Å². The van der Waals surface area contributed by atoms with Crippen LogP contribution in [0.25, 0.3) is 0 Å². The number of nitrogens with zero attached hydrogens (tertiary/aromatic N) is 1. The fraction of sp³-hybridized carbons (Fsp3) is 0.136. The zero-order valence-electron chi connectivity index (χ0n) is 16.2. The molecule has 168 valence electrons. The number of carbonyl (C=O) groups is 1. The largest absolute Gasteiger partial charge is 0.478 e. The van der Waals surface area contributed by atoms with E-state index in [-0.39, 0.29) is 23.4 Å². The van der Waals surface area contributed by atoms with Crippen LogP contribution in [0.3, 0.4) is 0 Å². The third-order valence-corrected chi connectivity index (χ3v) is 4.36. The van der Waals surface area contributed by atoms with Gasteiger partial charge in [-0.25, -0.2) is 9.18 Å². The molecule has 0 bridgehead atoms. The number of carboxylic acids is 1. The van der Waals surface area contributed by atoms with E-state index in [1.807, 2.05) is 0 Å². The second-order valence-electron chi connectivity index (χ2n) is 6.42. The maximum Gasteiger partial charge on any atom is 0.387 e. The molecule has 0 heterocycles. The Hall–Kier alpha value is -3.82. The van der Waals surface area contributed by atoms with Crippen molar-refractivity contribution in [3.05, 3.63) is 83.7 Å². The fourth-order valence-electron chi connectivity index (χ4n) is 2.98. The lowest BCUT2D eigenvalue weighted by molar-refractivity contribution is -0.0692. The molecule has 1 N–H and O–H groups in total. The normalized spacial score (nSPS) is 11.0. The SMILES string of the molecule is O=C(O)c1cccc(N(Cc2ccccc2F)c2ccc(OC(F)F)c(OC(F)F)c2)c1. The van der Waals surface area contributed by atoms with Crippen LogP contribution in [-0.4, -0.2) is 24.3 Å². The zero-order chi connectivity index (χ0) is 23.3. The topological polar surface area (TPSA) is 59.0 Å². The summed E-state index contributed by atoms with van der Waals surface area (Å²) >= 11 is 0. The standard InChI is InChI=1S/C22H16F5NO4/c23-17-7-2-1-4-14(17)12-28(15-6-3-5-13(10-15)20(29)30)16-8-9-18(31-21(24)25)19(11-16)32-22(26)27/h1-11,21-22H,12H2,(H,29,30). The lowest BCUT2D eigenvalue weighted by atomic mass is 10.1. The minimum atomic E-state index is -3.32. The smallest absolute Gasteiger partial charge is 0.387 e. The molecule has 32 heavy (non-hydrogen) atoms. The summed E-state index contributed by atoms with van der Waals surface area (Å²) in [4.78, 5) is 12.8. The number of anilines is 2. The van der Waals surface area contributed by atoms with E-state index in [4.69, 9.17) is 0 Å². The Balaban J connectivity index is 2.11. The highest BCUT2D eigenvalue weighted by atomic mass is 19.3. The van der Waals surface area contributed by atoms with Crippen molar-refractivity contribution in [2.24, 2.45) is 0 Å². The number of rotatable bonds is 9. The van der Waals surface area contributed by atoms with E-state index < -0.39 is 36.5 Å². The van der Waals surface area contributed by atoms with E-state index in [1.54, 1.807) is 6.07 Å². The highest BCUT2D eigenvalue weighted by Crippen LogP contribution is 2.37. The molecule has 3 rings (SSSR count). The van der Waals surface area contributed by atoms with Gasteiger partial charge in [-0.1, -0.05) is 24.3 Å². The summed E-state index contributed by atoms with van der Waals surface area (Å²) in [5.41, 5.74) is 0.590. The van der Waals surface area contributed by atoms with Gasteiger partial charge in [0.1, 0.15) is 5.82 Å². The second kappa shape index (κ2) is 9.99. The summed E-state index contributed by atoms with van der Waals surface area (Å²) in [6.07, 6.45) is 0. The highest BCUT2D eigenvalue weighted by Gasteiger charge is 2.20. The van der Waals surface area contributed by atoms with Crippen molar-refractivity contribution < 1.29 is 41.3 Å². The van der Waals surface area contributed by atoms with Gasteiger partial charge >= 0.3 is 19.2 Å². The van der Waals surface area contributed by atoms with Gasteiger partial charge in [-0.05, 0) is 36.4 Å². The molecule has 0 aliphatic heterocycles. The van der Waals surface area contributed by atoms with Crippen molar-refractivity contribution in [3.8, 4) is 11.5 Å².